The highest BCUT2D eigenvalue weighted by atomic mass is 32.1. The molecule has 0 bridgehead atoms. The third-order valence-corrected chi connectivity index (χ3v) is 5.43. The summed E-state index contributed by atoms with van der Waals surface area (Å²) in [6.07, 6.45) is 11.0. The van der Waals surface area contributed by atoms with Crippen LogP contribution < -0.4 is 5.32 Å². The highest BCUT2D eigenvalue weighted by Gasteiger charge is 2.37. The van der Waals surface area contributed by atoms with Crippen molar-refractivity contribution >= 4 is 17.2 Å². The van der Waals surface area contributed by atoms with Crippen molar-refractivity contribution in [3.05, 3.63) is 34.0 Å². The average molecular weight is 275 g/mol. The molecule has 1 aromatic rings. The predicted octanol–water partition coefficient (Wildman–Crippen LogP) is 4.04. The van der Waals surface area contributed by atoms with Crippen LogP contribution in [0.1, 0.15) is 49.8 Å². The lowest BCUT2D eigenvalue weighted by Crippen LogP contribution is -2.26. The first-order valence-electron chi connectivity index (χ1n) is 7.27. The second-order valence-electron chi connectivity index (χ2n) is 5.93. The zero-order chi connectivity index (χ0) is 13.1. The number of rotatable bonds is 3. The summed E-state index contributed by atoms with van der Waals surface area (Å²) in [7, 11) is 0. The van der Waals surface area contributed by atoms with Gasteiger partial charge in [-0.2, -0.15) is 0 Å². The maximum atomic E-state index is 12.2. The molecule has 0 radical (unpaired) electrons. The second-order valence-corrected chi connectivity index (χ2v) is 6.97. The summed E-state index contributed by atoms with van der Waals surface area (Å²) in [5.41, 5.74) is 1.46. The molecular formula is C16H21NOS. The Balaban J connectivity index is 1.53. The molecule has 1 aromatic heterocycles. The molecule has 1 heterocycles. The van der Waals surface area contributed by atoms with Gasteiger partial charge in [0, 0.05) is 10.5 Å². The van der Waals surface area contributed by atoms with Crippen LogP contribution in [0, 0.1) is 5.41 Å². The van der Waals surface area contributed by atoms with Crippen LogP contribution in [-0.4, -0.2) is 5.91 Å². The molecule has 0 saturated heterocycles. The molecule has 1 amide bonds. The van der Waals surface area contributed by atoms with Gasteiger partial charge in [0.15, 0.2) is 0 Å². The smallest absolute Gasteiger partial charge is 0.247 e. The lowest BCUT2D eigenvalue weighted by Gasteiger charge is -2.33. The van der Waals surface area contributed by atoms with Gasteiger partial charge in [0.25, 0.3) is 0 Å². The van der Waals surface area contributed by atoms with Crippen LogP contribution in [0.5, 0.6) is 0 Å². The van der Waals surface area contributed by atoms with E-state index in [1.807, 2.05) is 11.4 Å². The summed E-state index contributed by atoms with van der Waals surface area (Å²) in [5, 5.41) is 5.10. The molecule has 0 aliphatic heterocycles. The fourth-order valence-electron chi connectivity index (χ4n) is 3.44. The maximum absolute atomic E-state index is 12.2. The topological polar surface area (TPSA) is 29.1 Å². The largest absolute Gasteiger partial charge is 0.347 e. The van der Waals surface area contributed by atoms with Crippen LogP contribution in [0.2, 0.25) is 0 Å². The second kappa shape index (κ2) is 5.49. The molecule has 0 unspecified atom stereocenters. The molecule has 1 fully saturated rings. The number of allylic oxidation sites excluding steroid dienone is 1. The Morgan fingerprint density at radius 2 is 2.16 bits per heavy atom. The Labute approximate surface area is 118 Å². The zero-order valence-corrected chi connectivity index (χ0v) is 12.1. The van der Waals surface area contributed by atoms with Crippen molar-refractivity contribution in [3.8, 4) is 0 Å². The summed E-state index contributed by atoms with van der Waals surface area (Å²) in [4.78, 5) is 13.4. The van der Waals surface area contributed by atoms with Crippen molar-refractivity contribution in [1.29, 1.82) is 0 Å². The molecule has 2 aliphatic carbocycles. The van der Waals surface area contributed by atoms with Gasteiger partial charge in [-0.3, -0.25) is 4.79 Å². The van der Waals surface area contributed by atoms with E-state index in [2.05, 4.69) is 17.5 Å². The average Bonchev–Trinajstić information content (AvgIpc) is 3.07. The van der Waals surface area contributed by atoms with Crippen molar-refractivity contribution in [2.24, 2.45) is 5.41 Å². The van der Waals surface area contributed by atoms with Gasteiger partial charge in [0.1, 0.15) is 0 Å². The van der Waals surface area contributed by atoms with Crippen LogP contribution >= 0.6 is 11.3 Å². The van der Waals surface area contributed by atoms with Gasteiger partial charge >= 0.3 is 0 Å². The third-order valence-electron chi connectivity index (χ3n) is 4.56. The van der Waals surface area contributed by atoms with E-state index in [0.717, 1.165) is 18.4 Å². The van der Waals surface area contributed by atoms with E-state index in [9.17, 15) is 4.79 Å². The standard InChI is InChI=1S/C16H21NOS/c18-15(17-12-14-5-4-10-19-14)13-6-9-16(11-13)7-2-1-3-8-16/h4-6,10H,1-3,7-9,11-12H2,(H,17,18). The third kappa shape index (κ3) is 2.92. The minimum absolute atomic E-state index is 0.149. The summed E-state index contributed by atoms with van der Waals surface area (Å²) in [6.45, 7) is 0.667. The summed E-state index contributed by atoms with van der Waals surface area (Å²) in [6, 6.07) is 4.09. The van der Waals surface area contributed by atoms with Crippen LogP contribution in [0.25, 0.3) is 0 Å². The van der Waals surface area contributed by atoms with Gasteiger partial charge in [0.05, 0.1) is 6.54 Å². The van der Waals surface area contributed by atoms with E-state index in [1.54, 1.807) is 11.3 Å². The Hall–Kier alpha value is -1.09. The molecule has 2 nitrogen and oxygen atoms in total. The molecule has 3 heteroatoms. The number of carbonyl (C=O) groups is 1. The number of hydrogen-bond acceptors (Lipinski definition) is 2. The van der Waals surface area contributed by atoms with Crippen LogP contribution in [0.4, 0.5) is 0 Å². The van der Waals surface area contributed by atoms with Crippen molar-refractivity contribution in [2.75, 3.05) is 0 Å². The van der Waals surface area contributed by atoms with Crippen molar-refractivity contribution in [3.63, 3.8) is 0 Å². The fraction of sp³-hybridized carbons (Fsp3) is 0.562. The Morgan fingerprint density at radius 3 is 2.89 bits per heavy atom. The zero-order valence-electron chi connectivity index (χ0n) is 11.3. The van der Waals surface area contributed by atoms with Gasteiger partial charge in [-0.1, -0.05) is 31.4 Å². The molecule has 1 spiro atoms. The van der Waals surface area contributed by atoms with Gasteiger partial charge < -0.3 is 5.32 Å². The maximum Gasteiger partial charge on any atom is 0.247 e. The number of hydrogen-bond donors (Lipinski definition) is 1. The molecule has 19 heavy (non-hydrogen) atoms. The monoisotopic (exact) mass is 275 g/mol. The summed E-state index contributed by atoms with van der Waals surface area (Å²) >= 11 is 1.69. The summed E-state index contributed by atoms with van der Waals surface area (Å²) in [5.74, 6) is 0.149. The minimum atomic E-state index is 0.149. The van der Waals surface area contributed by atoms with Crippen LogP contribution in [-0.2, 0) is 11.3 Å². The Bertz CT molecular complexity index is 469. The predicted molar refractivity (Wildman–Crippen MR) is 79.0 cm³/mol. The quantitative estimate of drug-likeness (QED) is 0.886. The number of carbonyl (C=O) groups excluding carboxylic acids is 1. The molecule has 2 aliphatic rings. The van der Waals surface area contributed by atoms with E-state index in [-0.39, 0.29) is 5.91 Å². The van der Waals surface area contributed by atoms with E-state index >= 15 is 0 Å². The first kappa shape index (κ1) is 12.9. The van der Waals surface area contributed by atoms with E-state index in [4.69, 9.17) is 0 Å². The van der Waals surface area contributed by atoms with Gasteiger partial charge in [0.2, 0.25) is 5.91 Å². The summed E-state index contributed by atoms with van der Waals surface area (Å²) < 4.78 is 0. The highest BCUT2D eigenvalue weighted by molar-refractivity contribution is 7.09. The van der Waals surface area contributed by atoms with Crippen LogP contribution in [0.3, 0.4) is 0 Å². The van der Waals surface area contributed by atoms with E-state index in [1.165, 1.54) is 37.0 Å². The highest BCUT2D eigenvalue weighted by Crippen LogP contribution is 2.48. The molecule has 0 atom stereocenters. The van der Waals surface area contributed by atoms with E-state index in [0.29, 0.717) is 12.0 Å². The van der Waals surface area contributed by atoms with Gasteiger partial charge in [-0.15, -0.1) is 11.3 Å². The number of thiophene rings is 1. The van der Waals surface area contributed by atoms with Crippen molar-refractivity contribution in [1.82, 2.24) is 5.32 Å². The lowest BCUT2D eigenvalue weighted by molar-refractivity contribution is -0.117. The number of amides is 1. The normalized spacial score (nSPS) is 21.4. The minimum Gasteiger partial charge on any atom is -0.347 e. The SMILES string of the molecule is O=C(NCc1cccs1)C1=CCC2(CCCCC2)C1. The lowest BCUT2D eigenvalue weighted by atomic mass is 9.72. The first-order chi connectivity index (χ1) is 9.27. The molecule has 1 N–H and O–H groups in total. The molecular weight excluding hydrogens is 254 g/mol. The Morgan fingerprint density at radius 1 is 1.32 bits per heavy atom. The fourth-order valence-corrected chi connectivity index (χ4v) is 4.08. The van der Waals surface area contributed by atoms with Crippen molar-refractivity contribution in [2.45, 2.75) is 51.5 Å². The van der Waals surface area contributed by atoms with Crippen molar-refractivity contribution < 1.29 is 4.79 Å². The Kier molecular flexibility index (Phi) is 3.74. The van der Waals surface area contributed by atoms with Gasteiger partial charge in [-0.05, 0) is 42.5 Å². The first-order valence-corrected chi connectivity index (χ1v) is 8.15. The molecule has 0 aromatic carbocycles. The number of nitrogens with one attached hydrogen (secondary N) is 1. The van der Waals surface area contributed by atoms with Gasteiger partial charge in [-0.25, -0.2) is 0 Å². The molecule has 102 valence electrons. The molecule has 3 rings (SSSR count). The molecule has 1 saturated carbocycles. The van der Waals surface area contributed by atoms with Crippen LogP contribution in [0.15, 0.2) is 29.2 Å². The van der Waals surface area contributed by atoms with E-state index < -0.39 is 0 Å².